The molecule has 0 radical (unpaired) electrons. The zero-order valence-corrected chi connectivity index (χ0v) is 13.2. The van der Waals surface area contributed by atoms with Gasteiger partial charge in [-0.3, -0.25) is 16.0 Å². The molecule has 0 saturated heterocycles. The van der Waals surface area contributed by atoms with E-state index in [-0.39, 0.29) is 11.4 Å². The Morgan fingerprint density at radius 2 is 2.04 bits per heavy atom. The fourth-order valence-corrected chi connectivity index (χ4v) is 2.91. The van der Waals surface area contributed by atoms with E-state index in [0.29, 0.717) is 11.1 Å². The summed E-state index contributed by atoms with van der Waals surface area (Å²) in [4.78, 5) is 6.83. The van der Waals surface area contributed by atoms with Gasteiger partial charge in [-0.15, -0.1) is 0 Å². The summed E-state index contributed by atoms with van der Waals surface area (Å²) in [5.74, 6) is 0.514. The maximum Gasteiger partial charge on any atom is 0.434 e. The van der Waals surface area contributed by atoms with Crippen LogP contribution in [-0.4, -0.2) is 28.0 Å². The zero-order chi connectivity index (χ0) is 18.4. The smallest absolute Gasteiger partial charge is 0.434 e. The van der Waals surface area contributed by atoms with Crippen LogP contribution in [0.5, 0.6) is 0 Å². The molecule has 1 aromatic heterocycles. The first kappa shape index (κ1) is 16.7. The number of H-pyrrole nitrogens is 1. The van der Waals surface area contributed by atoms with Gasteiger partial charge in [-0.1, -0.05) is 6.07 Å². The Labute approximate surface area is 140 Å². The van der Waals surface area contributed by atoms with Crippen molar-refractivity contribution in [1.29, 1.82) is 0 Å². The molecule has 0 spiro atoms. The Balaban J connectivity index is 2.28. The van der Waals surface area contributed by atoms with Gasteiger partial charge >= 0.3 is 6.18 Å². The zero-order valence-electron chi connectivity index (χ0n) is 13.2. The number of hydrogen-bond acceptors (Lipinski definition) is 2. The summed E-state index contributed by atoms with van der Waals surface area (Å²) in [6.07, 6.45) is -4.77. The standard InChI is InChI=1S/C17H11F3N5/c1-8-11-6-10(4-5-13(11)25-24-8)14-12(7-21)16(17(18,19)20)23-9(2)15(14)22-3/h4-6,14H,1-2H3,(H,24,25)/q-1/t14-/m0/s1. The topological polar surface area (TPSA) is 67.7 Å². The number of benzene rings is 1. The molecule has 1 aromatic carbocycles. The number of aromatic nitrogens is 2. The second kappa shape index (κ2) is 5.72. The maximum absolute atomic E-state index is 13.3. The lowest BCUT2D eigenvalue weighted by molar-refractivity contribution is -0.0585. The average molecular weight is 342 g/mol. The van der Waals surface area contributed by atoms with Gasteiger partial charge in [0, 0.05) is 22.4 Å². The fraction of sp³-hybridized carbons (Fsp3) is 0.235. The molecule has 0 fully saturated rings. The largest absolute Gasteiger partial charge is 0.763 e. The molecule has 1 atom stereocenters. The highest BCUT2D eigenvalue weighted by Gasteiger charge is 2.44. The lowest BCUT2D eigenvalue weighted by Gasteiger charge is -2.27. The van der Waals surface area contributed by atoms with Crippen LogP contribution in [0.15, 0.2) is 40.2 Å². The minimum absolute atomic E-state index is 0.0186. The molecular formula is C17H11F3N5-. The molecular weight excluding hydrogens is 331 g/mol. The predicted octanol–water partition coefficient (Wildman–Crippen LogP) is 4.29. The second-order valence-corrected chi connectivity index (χ2v) is 5.62. The number of fused-ring (bicyclic) bond motifs is 1. The number of hydrogen-bond donors (Lipinski definition) is 1. The summed E-state index contributed by atoms with van der Waals surface area (Å²) in [7, 11) is 0. The van der Waals surface area contributed by atoms with E-state index in [4.69, 9.17) is 6.57 Å². The summed E-state index contributed by atoms with van der Waals surface area (Å²) in [6, 6.07) is 4.90. The molecule has 2 heterocycles. The van der Waals surface area contributed by atoms with Crippen molar-refractivity contribution in [2.75, 3.05) is 0 Å². The van der Waals surface area contributed by atoms with E-state index >= 15 is 0 Å². The molecule has 25 heavy (non-hydrogen) atoms. The molecule has 5 nitrogen and oxygen atoms in total. The van der Waals surface area contributed by atoms with Crippen LogP contribution in [0.2, 0.25) is 0 Å². The van der Waals surface area contributed by atoms with Crippen LogP contribution in [0, 0.1) is 13.5 Å². The number of nitrogens with one attached hydrogen (secondary N) is 1. The van der Waals surface area contributed by atoms with E-state index in [1.54, 1.807) is 31.0 Å². The molecule has 0 aliphatic carbocycles. The highest BCUT2D eigenvalue weighted by molar-refractivity contribution is 6.13. The highest BCUT2D eigenvalue weighted by atomic mass is 19.4. The first-order valence-electron chi connectivity index (χ1n) is 7.24. The van der Waals surface area contributed by atoms with Crippen molar-refractivity contribution in [3.63, 3.8) is 0 Å². The summed E-state index contributed by atoms with van der Waals surface area (Å²) in [5, 5.41) is 17.0. The predicted molar refractivity (Wildman–Crippen MR) is 88.2 cm³/mol. The molecule has 3 rings (SSSR count). The Morgan fingerprint density at radius 1 is 1.32 bits per heavy atom. The summed E-state index contributed by atoms with van der Waals surface area (Å²) >= 11 is 0. The number of aryl methyl sites for hydroxylation is 1. The first-order chi connectivity index (χ1) is 11.8. The molecule has 0 bridgehead atoms. The normalized spacial score (nSPS) is 18.2. The van der Waals surface area contributed by atoms with E-state index in [1.165, 1.54) is 6.92 Å². The maximum atomic E-state index is 13.3. The minimum atomic E-state index is -4.77. The van der Waals surface area contributed by atoms with Crippen molar-refractivity contribution in [2.24, 2.45) is 4.99 Å². The number of allylic oxidation sites excluding steroid dienone is 2. The monoisotopic (exact) mass is 342 g/mol. The van der Waals surface area contributed by atoms with E-state index in [0.717, 1.165) is 11.1 Å². The van der Waals surface area contributed by atoms with E-state index < -0.39 is 23.4 Å². The quantitative estimate of drug-likeness (QED) is 0.610. The van der Waals surface area contributed by atoms with E-state index in [9.17, 15) is 18.6 Å². The van der Waals surface area contributed by atoms with Crippen LogP contribution in [-0.2, 0) is 0 Å². The van der Waals surface area contributed by atoms with Gasteiger partial charge in [0.05, 0.1) is 18.0 Å². The molecule has 2 aromatic rings. The van der Waals surface area contributed by atoms with Crippen molar-refractivity contribution in [3.8, 4) is 0 Å². The number of nitrogens with zero attached hydrogens (tertiary/aromatic N) is 4. The van der Waals surface area contributed by atoms with Crippen molar-refractivity contribution < 1.29 is 13.2 Å². The van der Waals surface area contributed by atoms with Crippen LogP contribution >= 0.6 is 0 Å². The first-order valence-corrected chi connectivity index (χ1v) is 7.24. The van der Waals surface area contributed by atoms with Crippen LogP contribution in [0.4, 0.5) is 13.2 Å². The summed E-state index contributed by atoms with van der Waals surface area (Å²) in [5.41, 5.74) is 0.0146. The average Bonchev–Trinajstić information content (AvgIpc) is 2.93. The van der Waals surface area contributed by atoms with Crippen molar-refractivity contribution in [1.82, 2.24) is 10.2 Å². The Kier molecular flexibility index (Phi) is 3.82. The Morgan fingerprint density at radius 3 is 2.64 bits per heavy atom. The van der Waals surface area contributed by atoms with Crippen LogP contribution in [0.25, 0.3) is 21.2 Å². The van der Waals surface area contributed by atoms with E-state index in [2.05, 4.69) is 20.0 Å². The third-order valence-electron chi connectivity index (χ3n) is 4.08. The van der Waals surface area contributed by atoms with Gasteiger partial charge in [0.15, 0.2) is 11.4 Å². The molecule has 8 heteroatoms. The van der Waals surface area contributed by atoms with Gasteiger partial charge in [0.2, 0.25) is 0 Å². The Bertz CT molecular complexity index is 1030. The van der Waals surface area contributed by atoms with E-state index in [1.807, 2.05) is 0 Å². The summed E-state index contributed by atoms with van der Waals surface area (Å²) < 4.78 is 40.0. The molecule has 0 amide bonds. The van der Waals surface area contributed by atoms with Gasteiger partial charge < -0.3 is 5.41 Å². The molecule has 0 saturated carbocycles. The summed E-state index contributed by atoms with van der Waals surface area (Å²) in [6.45, 7) is 10.5. The third kappa shape index (κ3) is 2.65. The SMILES string of the molecule is [C-]#[N+]C1=C(C)N=C(C(F)(F)F)C(=C=[N-])[C@@H]1c1ccc2n[nH]c(C)c2c1. The lowest BCUT2D eigenvalue weighted by atomic mass is 9.83. The number of alkyl halides is 3. The number of aliphatic imine (C=N–C) groups is 1. The van der Waals surface area contributed by atoms with Crippen molar-refractivity contribution in [3.05, 3.63) is 63.3 Å². The number of aromatic amines is 1. The molecule has 126 valence electrons. The van der Waals surface area contributed by atoms with Crippen molar-refractivity contribution in [2.45, 2.75) is 25.9 Å². The number of halogens is 3. The number of rotatable bonds is 1. The fourth-order valence-electron chi connectivity index (χ4n) is 2.91. The van der Waals surface area contributed by atoms with Crippen LogP contribution in [0.1, 0.15) is 24.1 Å². The van der Waals surface area contributed by atoms with Gasteiger partial charge in [-0.25, -0.2) is 4.85 Å². The molecule has 1 N–H and O–H groups in total. The van der Waals surface area contributed by atoms with Gasteiger partial charge in [0.1, 0.15) is 0 Å². The highest BCUT2D eigenvalue weighted by Crippen LogP contribution is 2.42. The second-order valence-electron chi connectivity index (χ2n) is 5.62. The van der Waals surface area contributed by atoms with Crippen LogP contribution in [0.3, 0.4) is 0 Å². The van der Waals surface area contributed by atoms with Gasteiger partial charge in [0.25, 0.3) is 0 Å². The van der Waals surface area contributed by atoms with Gasteiger partial charge in [-0.2, -0.15) is 18.3 Å². The van der Waals surface area contributed by atoms with Gasteiger partial charge in [-0.05, 0) is 31.5 Å². The molecule has 1 aliphatic heterocycles. The Hall–Kier alpha value is -3.17. The van der Waals surface area contributed by atoms with Crippen LogP contribution < -0.4 is 0 Å². The third-order valence-corrected chi connectivity index (χ3v) is 4.08. The molecule has 1 aliphatic rings. The minimum Gasteiger partial charge on any atom is -0.763 e. The molecule has 0 unspecified atom stereocenters. The lowest BCUT2D eigenvalue weighted by Crippen LogP contribution is -2.31. The van der Waals surface area contributed by atoms with Crippen molar-refractivity contribution >= 4 is 22.5 Å².